The molecule has 74 valence electrons. The molecule has 0 aliphatic carbocycles. The van der Waals surface area contributed by atoms with E-state index in [2.05, 4.69) is 23.8 Å². The summed E-state index contributed by atoms with van der Waals surface area (Å²) in [7, 11) is 0. The standard InChI is InChI=1S/C9H17N3O/c1-4-8(3)11-6-9(13)12-5-7(2)10/h11H,2-6,10H2,1H3,(H,12,13). The Morgan fingerprint density at radius 2 is 1.92 bits per heavy atom. The average Bonchev–Trinajstić information content (AvgIpc) is 2.10. The molecular weight excluding hydrogens is 166 g/mol. The van der Waals surface area contributed by atoms with Crippen LogP contribution in [-0.4, -0.2) is 19.0 Å². The van der Waals surface area contributed by atoms with Gasteiger partial charge in [-0.05, 0) is 6.42 Å². The van der Waals surface area contributed by atoms with E-state index < -0.39 is 0 Å². The Morgan fingerprint density at radius 3 is 2.38 bits per heavy atom. The van der Waals surface area contributed by atoms with Crippen molar-refractivity contribution in [3.63, 3.8) is 0 Å². The van der Waals surface area contributed by atoms with Crippen LogP contribution >= 0.6 is 0 Å². The quantitative estimate of drug-likeness (QED) is 0.546. The molecule has 13 heavy (non-hydrogen) atoms. The Hall–Kier alpha value is -1.45. The Kier molecular flexibility index (Phi) is 5.43. The maximum atomic E-state index is 11.1. The molecule has 0 aliphatic heterocycles. The number of allylic oxidation sites excluding steroid dienone is 1. The van der Waals surface area contributed by atoms with Gasteiger partial charge in [-0.1, -0.05) is 20.1 Å². The summed E-state index contributed by atoms with van der Waals surface area (Å²) in [6.45, 7) is 9.69. The first-order valence-corrected chi connectivity index (χ1v) is 4.17. The molecule has 0 radical (unpaired) electrons. The van der Waals surface area contributed by atoms with Gasteiger partial charge in [0.15, 0.2) is 0 Å². The van der Waals surface area contributed by atoms with Crippen LogP contribution in [0.5, 0.6) is 0 Å². The minimum atomic E-state index is -0.110. The van der Waals surface area contributed by atoms with E-state index in [1.54, 1.807) is 0 Å². The first-order valence-electron chi connectivity index (χ1n) is 4.17. The molecule has 0 aromatic carbocycles. The molecule has 0 atom stereocenters. The van der Waals surface area contributed by atoms with Gasteiger partial charge >= 0.3 is 0 Å². The summed E-state index contributed by atoms with van der Waals surface area (Å²) >= 11 is 0. The van der Waals surface area contributed by atoms with Crippen molar-refractivity contribution in [1.82, 2.24) is 10.6 Å². The smallest absolute Gasteiger partial charge is 0.239 e. The number of hydrogen-bond acceptors (Lipinski definition) is 3. The first-order chi connectivity index (χ1) is 6.06. The van der Waals surface area contributed by atoms with Crippen molar-refractivity contribution in [2.45, 2.75) is 13.3 Å². The molecule has 0 heterocycles. The second kappa shape index (κ2) is 6.11. The van der Waals surface area contributed by atoms with Gasteiger partial charge in [-0.3, -0.25) is 4.79 Å². The van der Waals surface area contributed by atoms with Gasteiger partial charge in [0, 0.05) is 11.4 Å². The van der Waals surface area contributed by atoms with Gasteiger partial charge in [0.2, 0.25) is 5.91 Å². The SMILES string of the molecule is C=C(N)CNC(=O)CNC(=C)CC. The van der Waals surface area contributed by atoms with E-state index in [0.29, 0.717) is 12.2 Å². The van der Waals surface area contributed by atoms with Gasteiger partial charge in [0.05, 0.1) is 13.1 Å². The lowest BCUT2D eigenvalue weighted by molar-refractivity contribution is -0.119. The summed E-state index contributed by atoms with van der Waals surface area (Å²) in [6.07, 6.45) is 0.816. The maximum absolute atomic E-state index is 11.1. The van der Waals surface area contributed by atoms with E-state index in [1.807, 2.05) is 6.92 Å². The van der Waals surface area contributed by atoms with E-state index in [4.69, 9.17) is 5.73 Å². The summed E-state index contributed by atoms with van der Waals surface area (Å²) in [5.74, 6) is -0.110. The molecular formula is C9H17N3O. The monoisotopic (exact) mass is 183 g/mol. The van der Waals surface area contributed by atoms with Crippen LogP contribution in [-0.2, 0) is 4.79 Å². The highest BCUT2D eigenvalue weighted by Gasteiger charge is 1.99. The fourth-order valence-electron chi connectivity index (χ4n) is 0.605. The van der Waals surface area contributed by atoms with Crippen LogP contribution < -0.4 is 16.4 Å². The summed E-state index contributed by atoms with van der Waals surface area (Å²) in [4.78, 5) is 11.1. The summed E-state index contributed by atoms with van der Waals surface area (Å²) in [5.41, 5.74) is 6.57. The van der Waals surface area contributed by atoms with Gasteiger partial charge in [0.1, 0.15) is 0 Å². The molecule has 0 bridgehead atoms. The highest BCUT2D eigenvalue weighted by atomic mass is 16.1. The fraction of sp³-hybridized carbons (Fsp3) is 0.444. The van der Waals surface area contributed by atoms with Crippen molar-refractivity contribution < 1.29 is 4.79 Å². The highest BCUT2D eigenvalue weighted by Crippen LogP contribution is 1.87. The topological polar surface area (TPSA) is 67.1 Å². The molecule has 1 amide bonds. The molecule has 0 unspecified atom stereocenters. The Labute approximate surface area is 78.9 Å². The molecule has 0 spiro atoms. The Morgan fingerprint density at radius 1 is 1.31 bits per heavy atom. The molecule has 0 rings (SSSR count). The predicted molar refractivity (Wildman–Crippen MR) is 53.8 cm³/mol. The molecule has 0 saturated carbocycles. The van der Waals surface area contributed by atoms with Crippen molar-refractivity contribution in [3.8, 4) is 0 Å². The highest BCUT2D eigenvalue weighted by molar-refractivity contribution is 5.78. The lowest BCUT2D eigenvalue weighted by Gasteiger charge is -2.07. The average molecular weight is 183 g/mol. The summed E-state index contributed by atoms with van der Waals surface area (Å²) in [6, 6.07) is 0. The number of carbonyl (C=O) groups is 1. The maximum Gasteiger partial charge on any atom is 0.239 e. The number of amides is 1. The van der Waals surface area contributed by atoms with Gasteiger partial charge in [-0.25, -0.2) is 0 Å². The normalized spacial score (nSPS) is 9.00. The molecule has 0 fully saturated rings. The molecule has 4 N–H and O–H groups in total. The van der Waals surface area contributed by atoms with Crippen LogP contribution in [0, 0.1) is 0 Å². The van der Waals surface area contributed by atoms with E-state index in [-0.39, 0.29) is 12.5 Å². The van der Waals surface area contributed by atoms with Crippen molar-refractivity contribution in [1.29, 1.82) is 0 Å². The lowest BCUT2D eigenvalue weighted by atomic mass is 10.3. The van der Waals surface area contributed by atoms with Gasteiger partial charge < -0.3 is 16.4 Å². The van der Waals surface area contributed by atoms with E-state index >= 15 is 0 Å². The third-order valence-corrected chi connectivity index (χ3v) is 1.44. The molecule has 0 aromatic rings. The first kappa shape index (κ1) is 11.6. The van der Waals surface area contributed by atoms with Gasteiger partial charge in [0.25, 0.3) is 0 Å². The van der Waals surface area contributed by atoms with E-state index in [9.17, 15) is 4.79 Å². The number of carbonyl (C=O) groups excluding carboxylic acids is 1. The molecule has 0 aliphatic rings. The fourth-order valence-corrected chi connectivity index (χ4v) is 0.605. The van der Waals surface area contributed by atoms with Crippen molar-refractivity contribution >= 4 is 5.91 Å². The minimum absolute atomic E-state index is 0.110. The van der Waals surface area contributed by atoms with Crippen molar-refractivity contribution in [2.75, 3.05) is 13.1 Å². The van der Waals surface area contributed by atoms with Crippen LogP contribution in [0.2, 0.25) is 0 Å². The zero-order chi connectivity index (χ0) is 10.3. The van der Waals surface area contributed by atoms with Crippen LogP contribution in [0.25, 0.3) is 0 Å². The summed E-state index contributed by atoms with van der Waals surface area (Å²) in [5, 5.41) is 5.47. The third-order valence-electron chi connectivity index (χ3n) is 1.44. The third kappa shape index (κ3) is 6.93. The van der Waals surface area contributed by atoms with Crippen LogP contribution in [0.15, 0.2) is 24.6 Å². The zero-order valence-electron chi connectivity index (χ0n) is 8.02. The minimum Gasteiger partial charge on any atom is -0.401 e. The van der Waals surface area contributed by atoms with Gasteiger partial charge in [-0.2, -0.15) is 0 Å². The molecule has 0 aromatic heterocycles. The van der Waals surface area contributed by atoms with E-state index in [0.717, 1.165) is 12.1 Å². The number of nitrogens with one attached hydrogen (secondary N) is 2. The Bertz CT molecular complexity index is 211. The van der Waals surface area contributed by atoms with Crippen molar-refractivity contribution in [3.05, 3.63) is 24.6 Å². The number of hydrogen-bond donors (Lipinski definition) is 3. The second-order valence-electron chi connectivity index (χ2n) is 2.75. The molecule has 0 saturated heterocycles. The van der Waals surface area contributed by atoms with Crippen LogP contribution in [0.4, 0.5) is 0 Å². The lowest BCUT2D eigenvalue weighted by Crippen LogP contribution is -2.35. The summed E-state index contributed by atoms with van der Waals surface area (Å²) < 4.78 is 0. The Balaban J connectivity index is 3.52. The van der Waals surface area contributed by atoms with E-state index in [1.165, 1.54) is 0 Å². The number of nitrogens with two attached hydrogens (primary N) is 1. The molecule has 4 heteroatoms. The largest absolute Gasteiger partial charge is 0.401 e. The van der Waals surface area contributed by atoms with Crippen LogP contribution in [0.3, 0.4) is 0 Å². The van der Waals surface area contributed by atoms with Crippen molar-refractivity contribution in [2.24, 2.45) is 5.73 Å². The molecule has 4 nitrogen and oxygen atoms in total. The second-order valence-corrected chi connectivity index (χ2v) is 2.75. The predicted octanol–water partition coefficient (Wildman–Crippen LogP) is 0.0883. The number of rotatable bonds is 6. The van der Waals surface area contributed by atoms with Crippen LogP contribution in [0.1, 0.15) is 13.3 Å². The zero-order valence-corrected chi connectivity index (χ0v) is 8.02. The van der Waals surface area contributed by atoms with Gasteiger partial charge in [-0.15, -0.1) is 0 Å².